The van der Waals surface area contributed by atoms with E-state index >= 15 is 0 Å². The molecule has 8 nitrogen and oxygen atoms in total. The van der Waals surface area contributed by atoms with Crippen molar-refractivity contribution >= 4 is 5.69 Å². The Morgan fingerprint density at radius 3 is 2.64 bits per heavy atom. The molecule has 0 saturated heterocycles. The van der Waals surface area contributed by atoms with E-state index in [0.717, 1.165) is 12.1 Å². The van der Waals surface area contributed by atoms with Crippen LogP contribution in [0.1, 0.15) is 11.4 Å². The summed E-state index contributed by atoms with van der Waals surface area (Å²) < 4.78 is 44.9. The van der Waals surface area contributed by atoms with Crippen molar-refractivity contribution in [2.45, 2.75) is 12.7 Å². The molecule has 2 rings (SSSR count). The quantitative estimate of drug-likeness (QED) is 0.678. The van der Waals surface area contributed by atoms with Crippen molar-refractivity contribution in [3.63, 3.8) is 0 Å². The van der Waals surface area contributed by atoms with E-state index in [4.69, 9.17) is 10.5 Å². The van der Waals surface area contributed by atoms with Crippen molar-refractivity contribution < 1.29 is 22.8 Å². The highest BCUT2D eigenvalue weighted by Gasteiger charge is 2.40. The second-order valence-corrected chi connectivity index (χ2v) is 4.11. The summed E-state index contributed by atoms with van der Waals surface area (Å²) in [4.78, 5) is 10.1. The highest BCUT2D eigenvalue weighted by atomic mass is 19.4. The van der Waals surface area contributed by atoms with Crippen molar-refractivity contribution in [1.29, 1.82) is 0 Å². The van der Waals surface area contributed by atoms with Gasteiger partial charge in [-0.15, -0.1) is 5.10 Å². The van der Waals surface area contributed by atoms with Gasteiger partial charge in [0, 0.05) is 18.7 Å². The molecule has 0 atom stereocenters. The van der Waals surface area contributed by atoms with Gasteiger partial charge in [-0.25, -0.2) is 4.68 Å². The number of alkyl halides is 3. The molecule has 1 aromatic heterocycles. The number of nitrogens with zero attached hydrogens (tertiary/aromatic N) is 4. The van der Waals surface area contributed by atoms with E-state index in [1.807, 2.05) is 0 Å². The predicted molar refractivity (Wildman–Crippen MR) is 67.5 cm³/mol. The van der Waals surface area contributed by atoms with Crippen LogP contribution in [0.3, 0.4) is 0 Å². The molecule has 0 aliphatic heterocycles. The van der Waals surface area contributed by atoms with Crippen molar-refractivity contribution in [3.8, 4) is 11.4 Å². The number of hydrogen-bond donors (Lipinski definition) is 1. The lowest BCUT2D eigenvalue weighted by molar-refractivity contribution is -0.384. The number of rotatable bonds is 4. The van der Waals surface area contributed by atoms with Crippen molar-refractivity contribution in [1.82, 2.24) is 15.0 Å². The first kappa shape index (κ1) is 15.7. The van der Waals surface area contributed by atoms with Crippen LogP contribution in [0.15, 0.2) is 18.2 Å². The number of non-ortho nitro benzene ring substituents is 1. The number of nitro benzene ring substituents is 1. The topological polar surface area (TPSA) is 109 Å². The summed E-state index contributed by atoms with van der Waals surface area (Å²) in [5.74, 6) is -0.0235. The summed E-state index contributed by atoms with van der Waals surface area (Å²) >= 11 is 0. The SMILES string of the molecule is COc1ccc([N+](=O)[O-])cc1-n1nnc(CN)c1C(F)(F)F. The van der Waals surface area contributed by atoms with Crippen LogP contribution in [0.5, 0.6) is 5.75 Å². The Balaban J connectivity index is 2.73. The number of nitro groups is 1. The Labute approximate surface area is 121 Å². The molecule has 2 N–H and O–H groups in total. The van der Waals surface area contributed by atoms with Crippen LogP contribution in [-0.4, -0.2) is 27.0 Å². The summed E-state index contributed by atoms with van der Waals surface area (Å²) in [5.41, 5.74) is 2.90. The number of aromatic nitrogens is 3. The summed E-state index contributed by atoms with van der Waals surface area (Å²) in [7, 11) is 1.22. The van der Waals surface area contributed by atoms with Crippen LogP contribution in [0.2, 0.25) is 0 Å². The van der Waals surface area contributed by atoms with Crippen molar-refractivity contribution in [2.75, 3.05) is 7.11 Å². The second kappa shape index (κ2) is 5.60. The minimum Gasteiger partial charge on any atom is -0.494 e. The largest absolute Gasteiger partial charge is 0.494 e. The summed E-state index contributed by atoms with van der Waals surface area (Å²) in [6.07, 6.45) is -4.78. The number of ether oxygens (including phenoxy) is 1. The fraction of sp³-hybridized carbons (Fsp3) is 0.273. The standard InChI is InChI=1S/C11H10F3N5O3/c1-22-9-3-2-6(19(20)21)4-8(9)18-10(11(12,13)14)7(5-15)16-17-18/h2-4H,5,15H2,1H3. The fourth-order valence-corrected chi connectivity index (χ4v) is 1.86. The molecular weight excluding hydrogens is 307 g/mol. The fourth-order valence-electron chi connectivity index (χ4n) is 1.86. The zero-order chi connectivity index (χ0) is 16.5. The first-order chi connectivity index (χ1) is 10.3. The first-order valence-electron chi connectivity index (χ1n) is 5.84. The molecule has 0 unspecified atom stereocenters. The molecule has 0 amide bonds. The van der Waals surface area contributed by atoms with E-state index in [1.165, 1.54) is 13.2 Å². The summed E-state index contributed by atoms with van der Waals surface area (Å²) in [6, 6.07) is 3.21. The van der Waals surface area contributed by atoms with Crippen molar-refractivity contribution in [2.24, 2.45) is 5.73 Å². The molecule has 118 valence electrons. The van der Waals surface area contributed by atoms with E-state index in [2.05, 4.69) is 10.3 Å². The maximum Gasteiger partial charge on any atom is 0.435 e. The summed E-state index contributed by atoms with van der Waals surface area (Å²) in [6.45, 7) is -0.480. The summed E-state index contributed by atoms with van der Waals surface area (Å²) in [5, 5.41) is 17.6. The van der Waals surface area contributed by atoms with Gasteiger partial charge in [-0.05, 0) is 6.07 Å². The molecular formula is C11H10F3N5O3. The maximum atomic E-state index is 13.2. The minimum absolute atomic E-state index is 0.0235. The van der Waals surface area contributed by atoms with Crippen molar-refractivity contribution in [3.05, 3.63) is 39.7 Å². The number of hydrogen-bond acceptors (Lipinski definition) is 6. The van der Waals surface area contributed by atoms with Crippen LogP contribution < -0.4 is 10.5 Å². The number of nitrogens with two attached hydrogens (primary N) is 1. The zero-order valence-corrected chi connectivity index (χ0v) is 11.2. The molecule has 2 aromatic rings. The molecule has 0 radical (unpaired) electrons. The lowest BCUT2D eigenvalue weighted by Crippen LogP contribution is -2.17. The Morgan fingerprint density at radius 2 is 2.14 bits per heavy atom. The Bertz CT molecular complexity index is 713. The number of methoxy groups -OCH3 is 1. The van der Waals surface area contributed by atoms with E-state index in [1.54, 1.807) is 0 Å². The molecule has 1 aromatic carbocycles. The second-order valence-electron chi connectivity index (χ2n) is 4.11. The molecule has 1 heterocycles. The molecule has 0 spiro atoms. The van der Waals surface area contributed by atoms with E-state index in [0.29, 0.717) is 4.68 Å². The van der Waals surface area contributed by atoms with Crippen LogP contribution >= 0.6 is 0 Å². The van der Waals surface area contributed by atoms with Crippen LogP contribution in [0.25, 0.3) is 5.69 Å². The smallest absolute Gasteiger partial charge is 0.435 e. The van der Waals surface area contributed by atoms with E-state index in [-0.39, 0.29) is 11.4 Å². The molecule has 0 bridgehead atoms. The number of halogens is 3. The van der Waals surface area contributed by atoms with Gasteiger partial charge in [0.15, 0.2) is 5.69 Å². The van der Waals surface area contributed by atoms with Gasteiger partial charge >= 0.3 is 6.18 Å². The van der Waals surface area contributed by atoms with Gasteiger partial charge in [0.05, 0.1) is 12.0 Å². The van der Waals surface area contributed by atoms with Gasteiger partial charge in [0.2, 0.25) is 0 Å². The van der Waals surface area contributed by atoms with Gasteiger partial charge in [-0.2, -0.15) is 13.2 Å². The zero-order valence-electron chi connectivity index (χ0n) is 11.2. The number of benzene rings is 1. The molecule has 0 saturated carbocycles. The Morgan fingerprint density at radius 1 is 1.45 bits per heavy atom. The Hall–Kier alpha value is -2.69. The predicted octanol–water partition coefficient (Wildman–Crippen LogP) is 1.66. The third-order valence-corrected chi connectivity index (χ3v) is 2.80. The molecule has 0 fully saturated rings. The molecule has 11 heteroatoms. The van der Waals surface area contributed by atoms with Gasteiger partial charge in [0.1, 0.15) is 17.1 Å². The van der Waals surface area contributed by atoms with Crippen LogP contribution in [-0.2, 0) is 12.7 Å². The van der Waals surface area contributed by atoms with Gasteiger partial charge < -0.3 is 10.5 Å². The molecule has 0 aliphatic rings. The average molecular weight is 317 g/mol. The average Bonchev–Trinajstić information content (AvgIpc) is 2.90. The normalized spacial score (nSPS) is 11.5. The molecule has 0 aliphatic carbocycles. The monoisotopic (exact) mass is 317 g/mol. The van der Waals surface area contributed by atoms with E-state index in [9.17, 15) is 23.3 Å². The van der Waals surface area contributed by atoms with Gasteiger partial charge in [-0.1, -0.05) is 5.21 Å². The van der Waals surface area contributed by atoms with Gasteiger partial charge in [0.25, 0.3) is 5.69 Å². The molecule has 22 heavy (non-hydrogen) atoms. The van der Waals surface area contributed by atoms with E-state index < -0.39 is 34.7 Å². The third-order valence-electron chi connectivity index (χ3n) is 2.80. The maximum absolute atomic E-state index is 13.2. The highest BCUT2D eigenvalue weighted by Crippen LogP contribution is 2.35. The minimum atomic E-state index is -4.78. The third kappa shape index (κ3) is 2.70. The van der Waals surface area contributed by atoms with Crippen LogP contribution in [0, 0.1) is 10.1 Å². The van der Waals surface area contributed by atoms with Crippen LogP contribution in [0.4, 0.5) is 18.9 Å². The lowest BCUT2D eigenvalue weighted by Gasteiger charge is -2.13. The lowest BCUT2D eigenvalue weighted by atomic mass is 10.2. The first-order valence-corrected chi connectivity index (χ1v) is 5.84. The highest BCUT2D eigenvalue weighted by molar-refractivity contribution is 5.54. The van der Waals surface area contributed by atoms with Gasteiger partial charge in [-0.3, -0.25) is 10.1 Å². The Kier molecular flexibility index (Phi) is 3.99.